The zero-order valence-corrected chi connectivity index (χ0v) is 20.8. The van der Waals surface area contributed by atoms with Crippen LogP contribution in [0.4, 0.5) is 10.2 Å². The number of fused-ring (bicyclic) bond motifs is 1. The van der Waals surface area contributed by atoms with E-state index in [1.807, 2.05) is 53.4 Å². The Hall–Kier alpha value is -3.22. The van der Waals surface area contributed by atoms with Crippen LogP contribution in [0, 0.1) is 5.82 Å². The van der Waals surface area contributed by atoms with E-state index in [0.717, 1.165) is 33.4 Å². The molecule has 0 bridgehead atoms. The van der Waals surface area contributed by atoms with Gasteiger partial charge in [-0.25, -0.2) is 4.39 Å². The number of benzene rings is 3. The minimum absolute atomic E-state index is 0. The first-order valence-corrected chi connectivity index (χ1v) is 11.7. The zero-order chi connectivity index (χ0) is 23.7. The normalized spacial score (nSPS) is 15.7. The number of rotatable bonds is 4. The van der Waals surface area contributed by atoms with Crippen LogP contribution < -0.4 is 4.90 Å². The Balaban J connectivity index is 0.00000289. The monoisotopic (exact) mass is 510 g/mol. The molecular formula is C27H25Cl2FN4O. The second-order valence-electron chi connectivity index (χ2n) is 8.61. The van der Waals surface area contributed by atoms with Crippen molar-refractivity contribution in [3.63, 3.8) is 0 Å². The highest BCUT2D eigenvalue weighted by atomic mass is 35.5. The van der Waals surface area contributed by atoms with Crippen molar-refractivity contribution in [2.75, 3.05) is 24.5 Å². The van der Waals surface area contributed by atoms with Gasteiger partial charge in [-0.1, -0.05) is 48.0 Å². The van der Waals surface area contributed by atoms with Gasteiger partial charge in [-0.05, 0) is 48.9 Å². The molecule has 180 valence electrons. The van der Waals surface area contributed by atoms with Crippen LogP contribution in [-0.4, -0.2) is 46.7 Å². The number of piperazine rings is 1. The van der Waals surface area contributed by atoms with E-state index < -0.39 is 0 Å². The van der Waals surface area contributed by atoms with Crippen LogP contribution in [0.3, 0.4) is 0 Å². The number of nitrogens with zero attached hydrogens (tertiary/aromatic N) is 4. The van der Waals surface area contributed by atoms with Gasteiger partial charge in [0.2, 0.25) is 5.91 Å². The molecular weight excluding hydrogens is 486 g/mol. The number of amides is 1. The predicted molar refractivity (Wildman–Crippen MR) is 141 cm³/mol. The highest BCUT2D eigenvalue weighted by Gasteiger charge is 2.29. The molecule has 0 saturated carbocycles. The van der Waals surface area contributed by atoms with Gasteiger partial charge in [0.15, 0.2) is 5.82 Å². The molecule has 3 aromatic carbocycles. The van der Waals surface area contributed by atoms with Crippen LogP contribution in [0.2, 0.25) is 5.02 Å². The van der Waals surface area contributed by atoms with Crippen LogP contribution in [-0.2, 0) is 11.2 Å². The fourth-order valence-corrected chi connectivity index (χ4v) is 4.64. The molecule has 2 heterocycles. The predicted octanol–water partition coefficient (Wildman–Crippen LogP) is 5.79. The highest BCUT2D eigenvalue weighted by molar-refractivity contribution is 6.30. The largest absolute Gasteiger partial charge is 0.348 e. The molecule has 1 aromatic heterocycles. The molecule has 0 radical (unpaired) electrons. The zero-order valence-electron chi connectivity index (χ0n) is 19.2. The summed E-state index contributed by atoms with van der Waals surface area (Å²) in [5, 5.41) is 11.7. The Kier molecular flexibility index (Phi) is 7.53. The summed E-state index contributed by atoms with van der Waals surface area (Å²) in [4.78, 5) is 17.0. The van der Waals surface area contributed by atoms with Crippen molar-refractivity contribution in [3.8, 4) is 11.3 Å². The Labute approximate surface area is 214 Å². The number of hydrogen-bond acceptors (Lipinski definition) is 4. The average molecular weight is 511 g/mol. The molecule has 35 heavy (non-hydrogen) atoms. The topological polar surface area (TPSA) is 49.3 Å². The summed E-state index contributed by atoms with van der Waals surface area (Å²) in [7, 11) is 0. The minimum atomic E-state index is -0.282. The summed E-state index contributed by atoms with van der Waals surface area (Å²) in [6, 6.07) is 21.8. The molecule has 1 aliphatic heterocycles. The van der Waals surface area contributed by atoms with E-state index in [0.29, 0.717) is 31.1 Å². The summed E-state index contributed by atoms with van der Waals surface area (Å²) in [5.74, 6) is 0.630. The van der Waals surface area contributed by atoms with Gasteiger partial charge < -0.3 is 9.80 Å². The maximum absolute atomic E-state index is 13.4. The smallest absolute Gasteiger partial charge is 0.227 e. The number of aromatic nitrogens is 2. The molecule has 0 unspecified atom stereocenters. The quantitative estimate of drug-likeness (QED) is 0.348. The maximum atomic E-state index is 13.4. The number of hydrogen-bond donors (Lipinski definition) is 0. The van der Waals surface area contributed by atoms with E-state index in [1.54, 1.807) is 12.1 Å². The van der Waals surface area contributed by atoms with Crippen LogP contribution >= 0.6 is 24.0 Å². The standard InChI is InChI=1S/C27H24ClFN4O.ClH/c1-18-17-32(25(34)16-19-6-10-21(28)11-7-19)14-15-33(18)27-24-5-3-2-4-23(24)26(30-31-27)20-8-12-22(29)13-9-20;/h2-13,18H,14-17H2,1H3;1H/t18-;/m0./s1. The lowest BCUT2D eigenvalue weighted by Gasteiger charge is -2.40. The van der Waals surface area contributed by atoms with Crippen molar-refractivity contribution >= 4 is 46.5 Å². The summed E-state index contributed by atoms with van der Waals surface area (Å²) in [6.45, 7) is 4.00. The first kappa shape index (κ1) is 24.9. The highest BCUT2D eigenvalue weighted by Crippen LogP contribution is 2.33. The van der Waals surface area contributed by atoms with Gasteiger partial charge in [-0.15, -0.1) is 22.6 Å². The minimum Gasteiger partial charge on any atom is -0.348 e. The van der Waals surface area contributed by atoms with Crippen LogP contribution in [0.1, 0.15) is 12.5 Å². The molecule has 1 amide bonds. The Bertz CT molecular complexity index is 1330. The van der Waals surface area contributed by atoms with Crippen molar-refractivity contribution < 1.29 is 9.18 Å². The molecule has 1 atom stereocenters. The molecule has 0 N–H and O–H groups in total. The number of halogens is 3. The Morgan fingerprint density at radius 2 is 1.66 bits per heavy atom. The molecule has 1 aliphatic rings. The van der Waals surface area contributed by atoms with E-state index in [4.69, 9.17) is 11.6 Å². The van der Waals surface area contributed by atoms with Crippen LogP contribution in [0.15, 0.2) is 72.8 Å². The summed E-state index contributed by atoms with van der Waals surface area (Å²) in [6.07, 6.45) is 0.360. The number of carbonyl (C=O) groups excluding carboxylic acids is 1. The van der Waals surface area contributed by atoms with Crippen molar-refractivity contribution in [3.05, 3.63) is 89.2 Å². The summed E-state index contributed by atoms with van der Waals surface area (Å²) >= 11 is 5.96. The SMILES string of the molecule is C[C@H]1CN(C(=O)Cc2ccc(Cl)cc2)CCN1c1nnc(-c2ccc(F)cc2)c2ccccc12.Cl. The lowest BCUT2D eigenvalue weighted by Crippen LogP contribution is -2.54. The van der Waals surface area contributed by atoms with Gasteiger partial charge in [0.1, 0.15) is 11.5 Å². The second-order valence-corrected chi connectivity index (χ2v) is 9.05. The molecule has 0 aliphatic carbocycles. The van der Waals surface area contributed by atoms with Crippen molar-refractivity contribution in [2.45, 2.75) is 19.4 Å². The third-order valence-corrected chi connectivity index (χ3v) is 6.56. The summed E-state index contributed by atoms with van der Waals surface area (Å²) < 4.78 is 13.4. The Morgan fingerprint density at radius 3 is 2.34 bits per heavy atom. The van der Waals surface area contributed by atoms with Crippen molar-refractivity contribution in [1.82, 2.24) is 15.1 Å². The van der Waals surface area contributed by atoms with Crippen molar-refractivity contribution in [2.24, 2.45) is 0 Å². The Morgan fingerprint density at radius 1 is 0.971 bits per heavy atom. The fraction of sp³-hybridized carbons (Fsp3) is 0.222. The number of carbonyl (C=O) groups is 1. The average Bonchev–Trinajstić information content (AvgIpc) is 2.85. The molecule has 4 aromatic rings. The molecule has 1 fully saturated rings. The molecule has 5 rings (SSSR count). The first-order chi connectivity index (χ1) is 16.5. The molecule has 0 spiro atoms. The summed E-state index contributed by atoms with van der Waals surface area (Å²) in [5.41, 5.74) is 2.50. The molecule has 8 heteroatoms. The van der Waals surface area contributed by atoms with Gasteiger partial charge in [0.25, 0.3) is 0 Å². The maximum Gasteiger partial charge on any atom is 0.227 e. The van der Waals surface area contributed by atoms with Crippen molar-refractivity contribution in [1.29, 1.82) is 0 Å². The van der Waals surface area contributed by atoms with Gasteiger partial charge in [-0.2, -0.15) is 0 Å². The molecule has 1 saturated heterocycles. The third kappa shape index (κ3) is 5.24. The lowest BCUT2D eigenvalue weighted by molar-refractivity contribution is -0.131. The fourth-order valence-electron chi connectivity index (χ4n) is 4.51. The van der Waals surface area contributed by atoms with E-state index in [9.17, 15) is 9.18 Å². The van der Waals surface area contributed by atoms with Crippen LogP contribution in [0.25, 0.3) is 22.0 Å². The van der Waals surface area contributed by atoms with Crippen LogP contribution in [0.5, 0.6) is 0 Å². The second kappa shape index (κ2) is 10.6. The van der Waals surface area contributed by atoms with Gasteiger partial charge in [0.05, 0.1) is 6.42 Å². The van der Waals surface area contributed by atoms with E-state index in [2.05, 4.69) is 22.0 Å². The van der Waals surface area contributed by atoms with Gasteiger partial charge >= 0.3 is 0 Å². The first-order valence-electron chi connectivity index (χ1n) is 11.3. The van der Waals surface area contributed by atoms with E-state index >= 15 is 0 Å². The van der Waals surface area contributed by atoms with E-state index in [1.165, 1.54) is 12.1 Å². The number of anilines is 1. The van der Waals surface area contributed by atoms with Gasteiger partial charge in [0, 0.05) is 47.0 Å². The molecule has 5 nitrogen and oxygen atoms in total. The van der Waals surface area contributed by atoms with Gasteiger partial charge in [-0.3, -0.25) is 4.79 Å². The lowest BCUT2D eigenvalue weighted by atomic mass is 10.0. The van der Waals surface area contributed by atoms with E-state index in [-0.39, 0.29) is 30.2 Å². The third-order valence-electron chi connectivity index (χ3n) is 6.31.